The second-order valence-electron chi connectivity index (χ2n) is 13.0. The van der Waals surface area contributed by atoms with Crippen LogP contribution in [0.25, 0.3) is 75.8 Å². The minimum Gasteiger partial charge on any atom is -0.455 e. The maximum atomic E-state index is 15.3. The summed E-state index contributed by atoms with van der Waals surface area (Å²) in [5.74, 6) is 0. The highest BCUT2D eigenvalue weighted by Gasteiger charge is 2.30. The molecule has 0 bridgehead atoms. The van der Waals surface area contributed by atoms with Gasteiger partial charge in [0.2, 0.25) is 0 Å². The number of hydrogen-bond acceptors (Lipinski definition) is 4. The highest BCUT2D eigenvalue weighted by atomic mass is 32.1. The molecule has 0 amide bonds. The van der Waals surface area contributed by atoms with Crippen molar-refractivity contribution in [1.82, 2.24) is 4.98 Å². The van der Waals surface area contributed by atoms with Crippen molar-refractivity contribution >= 4 is 77.3 Å². The number of benzene rings is 7. The minimum atomic E-state index is -3.16. The third-order valence-corrected chi connectivity index (χ3v) is 14.3. The van der Waals surface area contributed by atoms with E-state index < -0.39 is 7.14 Å². The van der Waals surface area contributed by atoms with Crippen molar-refractivity contribution in [2.75, 3.05) is 0 Å². The molecule has 5 heteroatoms. The molecule has 246 valence electrons. The Labute approximate surface area is 304 Å². The van der Waals surface area contributed by atoms with Crippen LogP contribution in [0.5, 0.6) is 0 Å². The fourth-order valence-corrected chi connectivity index (χ4v) is 11.6. The van der Waals surface area contributed by atoms with Crippen molar-refractivity contribution in [2.24, 2.45) is 0 Å². The van der Waals surface area contributed by atoms with Crippen LogP contribution in [-0.4, -0.2) is 4.98 Å². The quantitative estimate of drug-likeness (QED) is 0.162. The predicted molar refractivity (Wildman–Crippen MR) is 220 cm³/mol. The average molecular weight is 704 g/mol. The van der Waals surface area contributed by atoms with Gasteiger partial charge in [0, 0.05) is 63.7 Å². The monoisotopic (exact) mass is 703 g/mol. The van der Waals surface area contributed by atoms with Crippen LogP contribution in [0.3, 0.4) is 0 Å². The zero-order chi connectivity index (χ0) is 34.6. The standard InChI is InChI=1S/C47H30NO2PS/c49-51(33-17-6-2-7-18-33,34-19-8-3-9-20-34)35-29-27-31(28-30-35)42-43-44(32-15-4-1-5-16-32)48-40-25-12-10-22-38(40)46(43)52-47(42)39-24-14-23-37-36-21-11-13-26-41(36)50-45(37)39/h1-30H. The maximum Gasteiger partial charge on any atom is 0.171 e. The van der Waals surface area contributed by atoms with Gasteiger partial charge in [0.05, 0.1) is 11.2 Å². The number of nitrogens with zero attached hydrogens (tertiary/aromatic N) is 1. The highest BCUT2D eigenvalue weighted by molar-refractivity contribution is 7.85. The topological polar surface area (TPSA) is 43.1 Å². The molecule has 0 atom stereocenters. The van der Waals surface area contributed by atoms with Crippen LogP contribution in [0, 0.1) is 0 Å². The lowest BCUT2D eigenvalue weighted by Gasteiger charge is -2.20. The molecule has 10 aromatic rings. The van der Waals surface area contributed by atoms with Gasteiger partial charge in [0.1, 0.15) is 11.2 Å². The van der Waals surface area contributed by atoms with E-state index in [2.05, 4.69) is 103 Å². The van der Waals surface area contributed by atoms with Crippen LogP contribution >= 0.6 is 18.5 Å². The molecule has 3 nitrogen and oxygen atoms in total. The molecule has 0 aliphatic rings. The van der Waals surface area contributed by atoms with Crippen LogP contribution in [0.1, 0.15) is 0 Å². The largest absolute Gasteiger partial charge is 0.455 e. The third-order valence-electron chi connectivity index (χ3n) is 9.98. The summed E-state index contributed by atoms with van der Waals surface area (Å²) < 4.78 is 23.1. The zero-order valence-corrected chi connectivity index (χ0v) is 29.7. The highest BCUT2D eigenvalue weighted by Crippen LogP contribution is 2.52. The molecule has 10 rings (SSSR count). The van der Waals surface area contributed by atoms with E-state index in [0.717, 1.165) is 87.0 Å². The average Bonchev–Trinajstić information content (AvgIpc) is 3.81. The lowest BCUT2D eigenvalue weighted by molar-refractivity contribution is 0.592. The van der Waals surface area contributed by atoms with Crippen LogP contribution in [0.15, 0.2) is 186 Å². The number of fused-ring (bicyclic) bond motifs is 6. The van der Waals surface area contributed by atoms with E-state index in [1.807, 2.05) is 78.9 Å². The van der Waals surface area contributed by atoms with Gasteiger partial charge in [0.15, 0.2) is 7.14 Å². The number of pyridine rings is 1. The molecular formula is C47H30NO2PS. The van der Waals surface area contributed by atoms with Crippen LogP contribution in [0.2, 0.25) is 0 Å². The van der Waals surface area contributed by atoms with Gasteiger partial charge in [-0.3, -0.25) is 0 Å². The molecule has 3 aromatic heterocycles. The second-order valence-corrected chi connectivity index (χ2v) is 16.7. The summed E-state index contributed by atoms with van der Waals surface area (Å²) in [7, 11) is -3.16. The second kappa shape index (κ2) is 12.3. The molecule has 3 heterocycles. The van der Waals surface area contributed by atoms with E-state index in [-0.39, 0.29) is 0 Å². The number of furan rings is 1. The van der Waals surface area contributed by atoms with Crippen LogP contribution in [0.4, 0.5) is 0 Å². The first-order valence-electron chi connectivity index (χ1n) is 17.3. The number of hydrogen-bond donors (Lipinski definition) is 0. The Morgan fingerprint density at radius 3 is 1.79 bits per heavy atom. The van der Waals surface area contributed by atoms with Gasteiger partial charge in [-0.25, -0.2) is 4.98 Å². The predicted octanol–water partition coefficient (Wildman–Crippen LogP) is 12.0. The van der Waals surface area contributed by atoms with Crippen molar-refractivity contribution in [1.29, 1.82) is 0 Å². The molecule has 0 N–H and O–H groups in total. The van der Waals surface area contributed by atoms with E-state index in [0.29, 0.717) is 0 Å². The SMILES string of the molecule is O=P(c1ccccc1)(c1ccccc1)c1ccc(-c2c(-c3cccc4c3oc3ccccc34)sc3c2c(-c2ccccc2)nc2ccccc23)cc1. The van der Waals surface area contributed by atoms with Crippen molar-refractivity contribution in [3.8, 4) is 32.8 Å². The van der Waals surface area contributed by atoms with Gasteiger partial charge in [-0.15, -0.1) is 11.3 Å². The summed E-state index contributed by atoms with van der Waals surface area (Å²) in [5, 5.41) is 6.82. The Kier molecular flexibility index (Phi) is 7.28. The van der Waals surface area contributed by atoms with Crippen molar-refractivity contribution < 1.29 is 8.98 Å². The van der Waals surface area contributed by atoms with Gasteiger partial charge in [-0.2, -0.15) is 0 Å². The molecule has 52 heavy (non-hydrogen) atoms. The molecule has 0 unspecified atom stereocenters. The van der Waals surface area contributed by atoms with Crippen LogP contribution < -0.4 is 15.9 Å². The lowest BCUT2D eigenvalue weighted by atomic mass is 9.94. The van der Waals surface area contributed by atoms with Crippen LogP contribution in [-0.2, 0) is 4.57 Å². The lowest BCUT2D eigenvalue weighted by Crippen LogP contribution is -2.24. The third kappa shape index (κ3) is 4.80. The van der Waals surface area contributed by atoms with Gasteiger partial charge in [-0.1, -0.05) is 164 Å². The Hall–Kier alpha value is -6.06. The summed E-state index contributed by atoms with van der Waals surface area (Å²) >= 11 is 1.78. The number of para-hydroxylation sites is 3. The Balaban J connectivity index is 1.28. The molecule has 0 aliphatic heterocycles. The number of aromatic nitrogens is 1. The first kappa shape index (κ1) is 30.7. The first-order chi connectivity index (χ1) is 25.7. The summed E-state index contributed by atoms with van der Waals surface area (Å²) in [6, 6.07) is 61.6. The summed E-state index contributed by atoms with van der Waals surface area (Å²) in [4.78, 5) is 6.45. The van der Waals surface area contributed by atoms with Crippen molar-refractivity contribution in [2.45, 2.75) is 0 Å². The smallest absolute Gasteiger partial charge is 0.171 e. The van der Waals surface area contributed by atoms with E-state index in [4.69, 9.17) is 9.40 Å². The van der Waals surface area contributed by atoms with Gasteiger partial charge in [0.25, 0.3) is 0 Å². The molecular weight excluding hydrogens is 674 g/mol. The summed E-state index contributed by atoms with van der Waals surface area (Å²) in [6.07, 6.45) is 0. The Morgan fingerprint density at radius 1 is 0.500 bits per heavy atom. The Bertz CT molecular complexity index is 2930. The fraction of sp³-hybridized carbons (Fsp3) is 0. The zero-order valence-electron chi connectivity index (χ0n) is 27.9. The molecule has 0 spiro atoms. The van der Waals surface area contributed by atoms with E-state index in [9.17, 15) is 0 Å². The summed E-state index contributed by atoms with van der Waals surface area (Å²) in [5.41, 5.74) is 7.84. The molecule has 0 radical (unpaired) electrons. The van der Waals surface area contributed by atoms with Crippen molar-refractivity contribution in [3.63, 3.8) is 0 Å². The minimum absolute atomic E-state index is 0.793. The number of rotatable bonds is 6. The maximum absolute atomic E-state index is 15.3. The van der Waals surface area contributed by atoms with Gasteiger partial charge >= 0.3 is 0 Å². The van der Waals surface area contributed by atoms with Gasteiger partial charge < -0.3 is 8.98 Å². The molecule has 0 saturated carbocycles. The van der Waals surface area contributed by atoms with E-state index in [1.165, 1.54) is 4.70 Å². The first-order valence-corrected chi connectivity index (χ1v) is 19.8. The molecule has 0 aliphatic carbocycles. The molecule has 7 aromatic carbocycles. The number of thiophene rings is 1. The fourth-order valence-electron chi connectivity index (χ4n) is 7.54. The molecule has 0 saturated heterocycles. The molecule has 0 fully saturated rings. The normalized spacial score (nSPS) is 11.9. The van der Waals surface area contributed by atoms with E-state index in [1.54, 1.807) is 11.3 Å². The summed E-state index contributed by atoms with van der Waals surface area (Å²) in [6.45, 7) is 0. The Morgan fingerprint density at radius 2 is 1.08 bits per heavy atom. The van der Waals surface area contributed by atoms with Crippen molar-refractivity contribution in [3.05, 3.63) is 182 Å². The van der Waals surface area contributed by atoms with Gasteiger partial charge in [-0.05, 0) is 23.8 Å². The van der Waals surface area contributed by atoms with E-state index >= 15 is 4.57 Å².